The van der Waals surface area contributed by atoms with Gasteiger partial charge in [0.25, 0.3) is 5.91 Å². The van der Waals surface area contributed by atoms with E-state index in [4.69, 9.17) is 4.42 Å². The fourth-order valence-corrected chi connectivity index (χ4v) is 3.64. The third kappa shape index (κ3) is 4.34. The number of rotatable bonds is 5. The van der Waals surface area contributed by atoms with Crippen molar-refractivity contribution in [1.29, 1.82) is 0 Å². The molecular weight excluding hydrogens is 348 g/mol. The predicted molar refractivity (Wildman–Crippen MR) is 111 cm³/mol. The highest BCUT2D eigenvalue weighted by Crippen LogP contribution is 2.22. The third-order valence-electron chi connectivity index (χ3n) is 5.37. The molecule has 2 aromatic carbocycles. The van der Waals surface area contributed by atoms with Gasteiger partial charge in [-0.05, 0) is 44.0 Å². The van der Waals surface area contributed by atoms with Crippen LogP contribution in [0.3, 0.4) is 0 Å². The van der Waals surface area contributed by atoms with Gasteiger partial charge in [-0.1, -0.05) is 48.0 Å². The lowest BCUT2D eigenvalue weighted by atomic mass is 10.0. The maximum absolute atomic E-state index is 12.6. The molecule has 1 saturated heterocycles. The first kappa shape index (κ1) is 18.5. The number of carbonyl (C=O) groups is 1. The normalized spacial score (nSPS) is 15.0. The molecule has 144 valence electrons. The van der Waals surface area contributed by atoms with Gasteiger partial charge in [-0.25, -0.2) is 0 Å². The van der Waals surface area contributed by atoms with E-state index in [9.17, 15) is 4.79 Å². The first-order valence-electron chi connectivity index (χ1n) is 9.92. The molecule has 0 bridgehead atoms. The van der Waals surface area contributed by atoms with E-state index in [0.29, 0.717) is 12.6 Å². The highest BCUT2D eigenvalue weighted by atomic mass is 16.3. The Hall–Kier alpha value is -2.85. The molecule has 0 spiro atoms. The molecular formula is C24H26N2O2. The van der Waals surface area contributed by atoms with Crippen LogP contribution < -0.4 is 5.32 Å². The number of benzene rings is 2. The van der Waals surface area contributed by atoms with E-state index < -0.39 is 0 Å². The van der Waals surface area contributed by atoms with Crippen LogP contribution in [-0.2, 0) is 6.54 Å². The highest BCUT2D eigenvalue weighted by molar-refractivity contribution is 5.94. The van der Waals surface area contributed by atoms with Crippen LogP contribution in [0.1, 0.15) is 34.5 Å². The van der Waals surface area contributed by atoms with Gasteiger partial charge in [-0.3, -0.25) is 4.79 Å². The summed E-state index contributed by atoms with van der Waals surface area (Å²) < 4.78 is 5.96. The molecule has 4 heteroatoms. The Morgan fingerprint density at radius 2 is 1.71 bits per heavy atom. The van der Waals surface area contributed by atoms with Crippen molar-refractivity contribution in [3.05, 3.63) is 83.6 Å². The predicted octanol–water partition coefficient (Wildman–Crippen LogP) is 4.65. The standard InChI is InChI=1S/C24H26N2O2/c1-18-7-9-20(10-8-18)24(27)26-15-13-21(14-16-26)25-17-22-11-12-23(28-22)19-5-3-2-4-6-19/h2-12,21,25H,13-17H2,1H3. The summed E-state index contributed by atoms with van der Waals surface area (Å²) in [5.41, 5.74) is 3.05. The first-order valence-corrected chi connectivity index (χ1v) is 9.92. The number of nitrogens with zero attached hydrogens (tertiary/aromatic N) is 1. The smallest absolute Gasteiger partial charge is 0.253 e. The fourth-order valence-electron chi connectivity index (χ4n) is 3.64. The van der Waals surface area contributed by atoms with Crippen LogP contribution in [0.5, 0.6) is 0 Å². The third-order valence-corrected chi connectivity index (χ3v) is 5.37. The van der Waals surface area contributed by atoms with Crippen LogP contribution in [0.25, 0.3) is 11.3 Å². The average Bonchev–Trinajstić information content (AvgIpc) is 3.22. The van der Waals surface area contributed by atoms with Gasteiger partial charge in [-0.15, -0.1) is 0 Å². The zero-order valence-corrected chi connectivity index (χ0v) is 16.2. The Morgan fingerprint density at radius 3 is 2.43 bits per heavy atom. The lowest BCUT2D eigenvalue weighted by Crippen LogP contribution is -2.44. The average molecular weight is 374 g/mol. The van der Waals surface area contributed by atoms with E-state index >= 15 is 0 Å². The van der Waals surface area contributed by atoms with Crippen molar-refractivity contribution in [3.63, 3.8) is 0 Å². The van der Waals surface area contributed by atoms with E-state index in [0.717, 1.165) is 48.6 Å². The van der Waals surface area contributed by atoms with E-state index in [1.165, 1.54) is 5.56 Å². The van der Waals surface area contributed by atoms with Crippen molar-refractivity contribution in [2.75, 3.05) is 13.1 Å². The van der Waals surface area contributed by atoms with Crippen LogP contribution in [0.2, 0.25) is 0 Å². The summed E-state index contributed by atoms with van der Waals surface area (Å²) in [4.78, 5) is 14.6. The van der Waals surface area contributed by atoms with Crippen LogP contribution in [-0.4, -0.2) is 29.9 Å². The van der Waals surface area contributed by atoms with Crippen LogP contribution in [0, 0.1) is 6.92 Å². The maximum Gasteiger partial charge on any atom is 0.253 e. The van der Waals surface area contributed by atoms with Gasteiger partial charge in [0.15, 0.2) is 0 Å². The Balaban J connectivity index is 1.26. The molecule has 1 fully saturated rings. The summed E-state index contributed by atoms with van der Waals surface area (Å²) in [5.74, 6) is 1.98. The van der Waals surface area contributed by atoms with E-state index in [2.05, 4.69) is 17.4 Å². The molecule has 2 heterocycles. The van der Waals surface area contributed by atoms with E-state index in [1.54, 1.807) is 0 Å². The minimum absolute atomic E-state index is 0.136. The fraction of sp³-hybridized carbons (Fsp3) is 0.292. The Morgan fingerprint density at radius 1 is 1.00 bits per heavy atom. The van der Waals surface area contributed by atoms with Crippen molar-refractivity contribution in [3.8, 4) is 11.3 Å². The second-order valence-electron chi connectivity index (χ2n) is 7.45. The molecule has 1 aliphatic heterocycles. The Bertz CT molecular complexity index is 907. The van der Waals surface area contributed by atoms with Gasteiger partial charge in [0, 0.05) is 30.3 Å². The molecule has 4 nitrogen and oxygen atoms in total. The molecule has 0 unspecified atom stereocenters. The molecule has 1 N–H and O–H groups in total. The van der Waals surface area contributed by atoms with E-state index in [1.807, 2.05) is 66.4 Å². The number of likely N-dealkylation sites (tertiary alicyclic amines) is 1. The molecule has 28 heavy (non-hydrogen) atoms. The number of hydrogen-bond acceptors (Lipinski definition) is 3. The van der Waals surface area contributed by atoms with Crippen molar-refractivity contribution < 1.29 is 9.21 Å². The summed E-state index contributed by atoms with van der Waals surface area (Å²) in [6, 6.07) is 22.4. The first-order chi connectivity index (χ1) is 13.7. The number of carbonyl (C=O) groups excluding carboxylic acids is 1. The van der Waals surface area contributed by atoms with Gasteiger partial charge < -0.3 is 14.6 Å². The summed E-state index contributed by atoms with van der Waals surface area (Å²) in [6.45, 7) is 4.33. The zero-order valence-electron chi connectivity index (χ0n) is 16.2. The van der Waals surface area contributed by atoms with Crippen LogP contribution in [0.4, 0.5) is 0 Å². The lowest BCUT2D eigenvalue weighted by molar-refractivity contribution is 0.0704. The summed E-state index contributed by atoms with van der Waals surface area (Å²) in [5, 5.41) is 3.58. The van der Waals surface area contributed by atoms with Gasteiger partial charge in [0.2, 0.25) is 0 Å². The molecule has 0 radical (unpaired) electrons. The second kappa shape index (κ2) is 8.44. The topological polar surface area (TPSA) is 45.5 Å². The lowest BCUT2D eigenvalue weighted by Gasteiger charge is -2.32. The van der Waals surface area contributed by atoms with Crippen molar-refractivity contribution >= 4 is 5.91 Å². The number of nitrogens with one attached hydrogen (secondary N) is 1. The van der Waals surface area contributed by atoms with Gasteiger partial charge in [0.05, 0.1) is 6.54 Å². The molecule has 1 aromatic heterocycles. The zero-order chi connectivity index (χ0) is 19.3. The summed E-state index contributed by atoms with van der Waals surface area (Å²) >= 11 is 0. The van der Waals surface area contributed by atoms with Crippen molar-refractivity contribution in [2.24, 2.45) is 0 Å². The second-order valence-corrected chi connectivity index (χ2v) is 7.45. The number of amides is 1. The van der Waals surface area contributed by atoms with Crippen molar-refractivity contribution in [1.82, 2.24) is 10.2 Å². The van der Waals surface area contributed by atoms with Gasteiger partial charge in [-0.2, -0.15) is 0 Å². The van der Waals surface area contributed by atoms with Gasteiger partial charge in [0.1, 0.15) is 11.5 Å². The highest BCUT2D eigenvalue weighted by Gasteiger charge is 2.23. The maximum atomic E-state index is 12.6. The molecule has 3 aromatic rings. The largest absolute Gasteiger partial charge is 0.460 e. The Kier molecular flexibility index (Phi) is 5.58. The quantitative estimate of drug-likeness (QED) is 0.707. The molecule has 0 atom stereocenters. The summed E-state index contributed by atoms with van der Waals surface area (Å²) in [6.07, 6.45) is 1.92. The molecule has 1 aliphatic rings. The number of aryl methyl sites for hydroxylation is 1. The SMILES string of the molecule is Cc1ccc(C(=O)N2CCC(NCc3ccc(-c4ccccc4)o3)CC2)cc1. The Labute approximate surface area is 166 Å². The monoisotopic (exact) mass is 374 g/mol. The molecule has 4 rings (SSSR count). The summed E-state index contributed by atoms with van der Waals surface area (Å²) in [7, 11) is 0. The van der Waals surface area contributed by atoms with E-state index in [-0.39, 0.29) is 5.91 Å². The van der Waals surface area contributed by atoms with Crippen molar-refractivity contribution in [2.45, 2.75) is 32.4 Å². The minimum Gasteiger partial charge on any atom is -0.460 e. The number of furan rings is 1. The number of piperidine rings is 1. The molecule has 0 saturated carbocycles. The van der Waals surface area contributed by atoms with Gasteiger partial charge >= 0.3 is 0 Å². The molecule has 0 aliphatic carbocycles. The van der Waals surface area contributed by atoms with Crippen LogP contribution >= 0.6 is 0 Å². The molecule has 1 amide bonds. The van der Waals surface area contributed by atoms with Crippen LogP contribution in [0.15, 0.2) is 71.1 Å². The number of hydrogen-bond donors (Lipinski definition) is 1. The minimum atomic E-state index is 0.136.